The van der Waals surface area contributed by atoms with Crippen LogP contribution < -0.4 is 16.0 Å². The van der Waals surface area contributed by atoms with Gasteiger partial charge in [0.2, 0.25) is 11.8 Å². The van der Waals surface area contributed by atoms with Crippen molar-refractivity contribution >= 4 is 29.1 Å². The highest BCUT2D eigenvalue weighted by molar-refractivity contribution is 6.10. The van der Waals surface area contributed by atoms with Crippen LogP contribution in [0.2, 0.25) is 0 Å². The monoisotopic (exact) mass is 337 g/mol. The van der Waals surface area contributed by atoms with E-state index in [-0.39, 0.29) is 11.8 Å². The summed E-state index contributed by atoms with van der Waals surface area (Å²) >= 11 is 0. The third-order valence-electron chi connectivity index (χ3n) is 4.56. The molecule has 0 spiro atoms. The van der Waals surface area contributed by atoms with Gasteiger partial charge in [-0.15, -0.1) is 0 Å². The van der Waals surface area contributed by atoms with Crippen LogP contribution >= 0.6 is 0 Å². The van der Waals surface area contributed by atoms with Crippen LogP contribution in [0.3, 0.4) is 0 Å². The molecular weight excluding hydrogens is 318 g/mol. The molecule has 0 unspecified atom stereocenters. The molecule has 1 aliphatic heterocycles. The first kappa shape index (κ1) is 16.7. The normalized spacial score (nSPS) is 15.0. The SMILES string of the molecule is CN1C(=O)C(C)(C)c2cc(C(=O)Nc3ccc(C(N)=O)cc3)ccc21. The van der Waals surface area contributed by atoms with Crippen molar-refractivity contribution in [2.75, 3.05) is 17.3 Å². The minimum absolute atomic E-state index is 0.00194. The van der Waals surface area contributed by atoms with E-state index in [0.717, 1.165) is 11.3 Å². The fraction of sp³-hybridized carbons (Fsp3) is 0.211. The lowest BCUT2D eigenvalue weighted by Gasteiger charge is -2.16. The summed E-state index contributed by atoms with van der Waals surface area (Å²) < 4.78 is 0. The van der Waals surface area contributed by atoms with E-state index in [0.29, 0.717) is 16.8 Å². The fourth-order valence-corrected chi connectivity index (χ4v) is 3.04. The van der Waals surface area contributed by atoms with Gasteiger partial charge in [-0.2, -0.15) is 0 Å². The topological polar surface area (TPSA) is 92.5 Å². The summed E-state index contributed by atoms with van der Waals surface area (Å²) in [5, 5.41) is 2.78. The molecule has 0 radical (unpaired) electrons. The zero-order valence-corrected chi connectivity index (χ0v) is 14.3. The number of fused-ring (bicyclic) bond motifs is 1. The molecule has 2 aromatic carbocycles. The molecule has 0 aromatic heterocycles. The van der Waals surface area contributed by atoms with Crippen LogP contribution in [0.5, 0.6) is 0 Å². The van der Waals surface area contributed by atoms with Gasteiger partial charge in [0, 0.05) is 29.5 Å². The van der Waals surface area contributed by atoms with E-state index in [1.54, 1.807) is 54.4 Å². The highest BCUT2D eigenvalue weighted by Gasteiger charge is 2.42. The Balaban J connectivity index is 1.86. The van der Waals surface area contributed by atoms with Crippen molar-refractivity contribution in [3.05, 3.63) is 59.2 Å². The van der Waals surface area contributed by atoms with Crippen molar-refractivity contribution in [1.82, 2.24) is 0 Å². The van der Waals surface area contributed by atoms with Crippen molar-refractivity contribution in [3.8, 4) is 0 Å². The molecular formula is C19H19N3O3. The van der Waals surface area contributed by atoms with E-state index in [9.17, 15) is 14.4 Å². The van der Waals surface area contributed by atoms with Gasteiger partial charge in [-0.1, -0.05) is 0 Å². The highest BCUT2D eigenvalue weighted by atomic mass is 16.2. The number of carbonyl (C=O) groups excluding carboxylic acids is 3. The van der Waals surface area contributed by atoms with Crippen LogP contribution in [0.25, 0.3) is 0 Å². The molecule has 0 bridgehead atoms. The molecule has 0 saturated heterocycles. The molecule has 128 valence electrons. The summed E-state index contributed by atoms with van der Waals surface area (Å²) in [6, 6.07) is 11.6. The number of nitrogens with one attached hydrogen (secondary N) is 1. The van der Waals surface area contributed by atoms with E-state index < -0.39 is 11.3 Å². The molecule has 25 heavy (non-hydrogen) atoms. The summed E-state index contributed by atoms with van der Waals surface area (Å²) in [7, 11) is 1.73. The van der Waals surface area contributed by atoms with Crippen LogP contribution in [-0.2, 0) is 10.2 Å². The largest absolute Gasteiger partial charge is 0.366 e. The molecule has 1 aliphatic rings. The molecule has 6 heteroatoms. The molecule has 0 aliphatic carbocycles. The van der Waals surface area contributed by atoms with Crippen molar-refractivity contribution in [3.63, 3.8) is 0 Å². The van der Waals surface area contributed by atoms with Gasteiger partial charge in [-0.05, 0) is 61.9 Å². The van der Waals surface area contributed by atoms with E-state index in [2.05, 4.69) is 5.32 Å². The van der Waals surface area contributed by atoms with Crippen LogP contribution in [0.15, 0.2) is 42.5 Å². The number of nitrogens with two attached hydrogens (primary N) is 1. The molecule has 2 aromatic rings. The molecule has 0 saturated carbocycles. The Morgan fingerprint density at radius 1 is 1.04 bits per heavy atom. The molecule has 0 fully saturated rings. The fourth-order valence-electron chi connectivity index (χ4n) is 3.04. The Labute approximate surface area is 145 Å². The van der Waals surface area contributed by atoms with Crippen LogP contribution in [-0.4, -0.2) is 24.8 Å². The summed E-state index contributed by atoms with van der Waals surface area (Å²) in [5.74, 6) is -0.804. The van der Waals surface area contributed by atoms with Gasteiger partial charge < -0.3 is 16.0 Å². The van der Waals surface area contributed by atoms with E-state index in [1.165, 1.54) is 0 Å². The Kier molecular flexibility index (Phi) is 3.83. The van der Waals surface area contributed by atoms with Crippen molar-refractivity contribution < 1.29 is 14.4 Å². The number of primary amides is 1. The number of rotatable bonds is 3. The number of likely N-dealkylation sites (N-methyl/N-ethyl adjacent to an activating group) is 1. The third kappa shape index (κ3) is 2.76. The molecule has 1 heterocycles. The van der Waals surface area contributed by atoms with Gasteiger partial charge >= 0.3 is 0 Å². The zero-order chi connectivity index (χ0) is 18.4. The first-order valence-electron chi connectivity index (χ1n) is 7.85. The molecule has 3 N–H and O–H groups in total. The zero-order valence-electron chi connectivity index (χ0n) is 14.3. The predicted molar refractivity (Wildman–Crippen MR) is 95.8 cm³/mol. The molecule has 0 atom stereocenters. The number of hydrogen-bond acceptors (Lipinski definition) is 3. The Morgan fingerprint density at radius 2 is 1.64 bits per heavy atom. The van der Waals surface area contributed by atoms with E-state index in [1.807, 2.05) is 13.8 Å². The predicted octanol–water partition coefficient (Wildman–Crippen LogP) is 2.29. The minimum atomic E-state index is -0.663. The first-order valence-corrected chi connectivity index (χ1v) is 7.85. The number of anilines is 2. The van der Waals surface area contributed by atoms with Gasteiger partial charge in [0.15, 0.2) is 0 Å². The maximum absolute atomic E-state index is 12.5. The number of benzene rings is 2. The highest BCUT2D eigenvalue weighted by Crippen LogP contribution is 2.41. The lowest BCUT2D eigenvalue weighted by molar-refractivity contribution is -0.121. The van der Waals surface area contributed by atoms with Crippen molar-refractivity contribution in [2.45, 2.75) is 19.3 Å². The molecule has 3 amide bonds. The first-order chi connectivity index (χ1) is 11.7. The second kappa shape index (κ2) is 5.73. The Morgan fingerprint density at radius 3 is 2.24 bits per heavy atom. The summed E-state index contributed by atoms with van der Waals surface area (Å²) in [5.41, 5.74) is 7.58. The van der Waals surface area contributed by atoms with E-state index >= 15 is 0 Å². The van der Waals surface area contributed by atoms with Crippen LogP contribution in [0.1, 0.15) is 40.1 Å². The Hall–Kier alpha value is -3.15. The molecule has 6 nitrogen and oxygen atoms in total. The second-order valence-corrected chi connectivity index (χ2v) is 6.62. The Bertz CT molecular complexity index is 885. The standard InChI is InChI=1S/C19H19N3O3/c1-19(2)14-10-12(6-9-15(14)22(3)18(19)25)17(24)21-13-7-4-11(5-8-13)16(20)23/h4-10H,1-3H3,(H2,20,23)(H,21,24). The lowest BCUT2D eigenvalue weighted by Crippen LogP contribution is -2.33. The number of carbonyl (C=O) groups is 3. The summed E-state index contributed by atoms with van der Waals surface area (Å²) in [6.45, 7) is 3.70. The third-order valence-corrected chi connectivity index (χ3v) is 4.56. The van der Waals surface area contributed by atoms with Gasteiger partial charge in [0.05, 0.1) is 5.41 Å². The quantitative estimate of drug-likeness (QED) is 0.900. The van der Waals surface area contributed by atoms with Crippen LogP contribution in [0.4, 0.5) is 11.4 Å². The maximum Gasteiger partial charge on any atom is 0.255 e. The maximum atomic E-state index is 12.5. The average Bonchev–Trinajstić information content (AvgIpc) is 2.76. The van der Waals surface area contributed by atoms with Gasteiger partial charge in [0.25, 0.3) is 5.91 Å². The summed E-state index contributed by atoms with van der Waals surface area (Å²) in [6.07, 6.45) is 0. The number of nitrogens with zero attached hydrogens (tertiary/aromatic N) is 1. The second-order valence-electron chi connectivity index (χ2n) is 6.62. The average molecular weight is 337 g/mol. The van der Waals surface area contributed by atoms with Gasteiger partial charge in [-0.3, -0.25) is 14.4 Å². The van der Waals surface area contributed by atoms with Gasteiger partial charge in [0.1, 0.15) is 0 Å². The lowest BCUT2D eigenvalue weighted by atomic mass is 9.85. The van der Waals surface area contributed by atoms with E-state index in [4.69, 9.17) is 5.73 Å². The smallest absolute Gasteiger partial charge is 0.255 e. The summed E-state index contributed by atoms with van der Waals surface area (Å²) in [4.78, 5) is 37.5. The van der Waals surface area contributed by atoms with Gasteiger partial charge in [-0.25, -0.2) is 0 Å². The van der Waals surface area contributed by atoms with Crippen molar-refractivity contribution in [1.29, 1.82) is 0 Å². The minimum Gasteiger partial charge on any atom is -0.366 e. The molecule has 3 rings (SSSR count). The number of hydrogen-bond donors (Lipinski definition) is 2. The van der Waals surface area contributed by atoms with Crippen molar-refractivity contribution in [2.24, 2.45) is 5.73 Å². The van der Waals surface area contributed by atoms with Crippen LogP contribution in [0, 0.1) is 0 Å². The number of amides is 3.